The highest BCUT2D eigenvalue weighted by atomic mass is 16.1. The van der Waals surface area contributed by atoms with Crippen LogP contribution in [0, 0.1) is 0 Å². The van der Waals surface area contributed by atoms with E-state index in [0.717, 1.165) is 16.9 Å². The van der Waals surface area contributed by atoms with Crippen LogP contribution in [-0.2, 0) is 17.8 Å². The van der Waals surface area contributed by atoms with Gasteiger partial charge in [-0.1, -0.05) is 42.5 Å². The predicted octanol–water partition coefficient (Wildman–Crippen LogP) is 3.23. The molecule has 0 spiro atoms. The summed E-state index contributed by atoms with van der Waals surface area (Å²) in [7, 11) is 0. The zero-order valence-electron chi connectivity index (χ0n) is 12.9. The molecular weight excluding hydrogens is 286 g/mol. The van der Waals surface area contributed by atoms with Gasteiger partial charge in [0.25, 0.3) is 0 Å². The third-order valence-corrected chi connectivity index (χ3v) is 4.23. The Morgan fingerprint density at radius 2 is 1.83 bits per heavy atom. The summed E-state index contributed by atoms with van der Waals surface area (Å²) in [6.45, 7) is 0.483. The fourth-order valence-electron chi connectivity index (χ4n) is 2.98. The van der Waals surface area contributed by atoms with E-state index >= 15 is 0 Å². The summed E-state index contributed by atoms with van der Waals surface area (Å²) in [5.41, 5.74) is 3.20. The lowest BCUT2D eigenvalue weighted by Gasteiger charge is -2.09. The number of benzene rings is 2. The summed E-state index contributed by atoms with van der Waals surface area (Å²) in [6.07, 6.45) is 2.81. The topological polar surface area (TPSA) is 46.9 Å². The van der Waals surface area contributed by atoms with Crippen molar-refractivity contribution in [3.8, 4) is 0 Å². The van der Waals surface area contributed by atoms with Crippen LogP contribution < -0.4 is 5.32 Å². The highest BCUT2D eigenvalue weighted by Crippen LogP contribution is 2.38. The summed E-state index contributed by atoms with van der Waals surface area (Å²) in [5.74, 6) is 0.987. The number of carbonyl (C=O) groups excluding carboxylic acids is 1. The SMILES string of the molecule is O=C(Cc1ccccc1)NCc1nc2ccccc2n1C1CC1. The maximum Gasteiger partial charge on any atom is 0.224 e. The molecule has 4 rings (SSSR count). The normalized spacial score (nSPS) is 14.1. The number of carbonyl (C=O) groups is 1. The minimum atomic E-state index is 0.0330. The largest absolute Gasteiger partial charge is 0.349 e. The van der Waals surface area contributed by atoms with Gasteiger partial charge in [-0.05, 0) is 30.5 Å². The molecule has 1 heterocycles. The van der Waals surface area contributed by atoms with Crippen molar-refractivity contribution in [1.29, 1.82) is 0 Å². The first-order chi connectivity index (χ1) is 11.3. The van der Waals surface area contributed by atoms with E-state index in [2.05, 4.69) is 16.0 Å². The summed E-state index contributed by atoms with van der Waals surface area (Å²) >= 11 is 0. The van der Waals surface area contributed by atoms with Crippen LogP contribution in [0.2, 0.25) is 0 Å². The summed E-state index contributed by atoms with van der Waals surface area (Å²) in [5, 5.41) is 3.01. The van der Waals surface area contributed by atoms with Crippen LogP contribution in [-0.4, -0.2) is 15.5 Å². The third-order valence-electron chi connectivity index (χ3n) is 4.23. The van der Waals surface area contributed by atoms with Crippen molar-refractivity contribution in [3.05, 3.63) is 66.0 Å². The molecule has 0 aliphatic heterocycles. The Morgan fingerprint density at radius 3 is 2.61 bits per heavy atom. The lowest BCUT2D eigenvalue weighted by Crippen LogP contribution is -2.26. The van der Waals surface area contributed by atoms with Gasteiger partial charge in [0.05, 0.1) is 24.0 Å². The Hall–Kier alpha value is -2.62. The summed E-state index contributed by atoms with van der Waals surface area (Å²) in [6, 6.07) is 18.5. The van der Waals surface area contributed by atoms with Crippen molar-refractivity contribution in [3.63, 3.8) is 0 Å². The van der Waals surface area contributed by atoms with Crippen LogP contribution >= 0.6 is 0 Å². The van der Waals surface area contributed by atoms with Gasteiger partial charge in [-0.15, -0.1) is 0 Å². The number of para-hydroxylation sites is 2. The maximum absolute atomic E-state index is 12.1. The molecule has 116 valence electrons. The number of hydrogen-bond donors (Lipinski definition) is 1. The summed E-state index contributed by atoms with van der Waals surface area (Å²) in [4.78, 5) is 16.9. The number of nitrogens with one attached hydrogen (secondary N) is 1. The number of aromatic nitrogens is 2. The van der Waals surface area contributed by atoms with Crippen LogP contribution in [0.15, 0.2) is 54.6 Å². The van der Waals surface area contributed by atoms with E-state index in [0.29, 0.717) is 19.0 Å². The number of nitrogens with zero attached hydrogens (tertiary/aromatic N) is 2. The van der Waals surface area contributed by atoms with Crippen molar-refractivity contribution in [1.82, 2.24) is 14.9 Å². The van der Waals surface area contributed by atoms with Gasteiger partial charge in [0, 0.05) is 6.04 Å². The second-order valence-corrected chi connectivity index (χ2v) is 6.06. The van der Waals surface area contributed by atoms with Gasteiger partial charge < -0.3 is 9.88 Å². The average molecular weight is 305 g/mol. The van der Waals surface area contributed by atoms with Gasteiger partial charge in [-0.3, -0.25) is 4.79 Å². The summed E-state index contributed by atoms with van der Waals surface area (Å²) < 4.78 is 2.29. The van der Waals surface area contributed by atoms with E-state index in [1.54, 1.807) is 0 Å². The van der Waals surface area contributed by atoms with E-state index in [-0.39, 0.29) is 5.91 Å². The van der Waals surface area contributed by atoms with E-state index in [1.807, 2.05) is 48.5 Å². The molecule has 1 saturated carbocycles. The van der Waals surface area contributed by atoms with Crippen molar-refractivity contribution >= 4 is 16.9 Å². The molecule has 1 aliphatic rings. The molecule has 1 aromatic heterocycles. The number of imidazole rings is 1. The molecule has 1 fully saturated rings. The quantitative estimate of drug-likeness (QED) is 0.786. The van der Waals surface area contributed by atoms with Gasteiger partial charge in [-0.2, -0.15) is 0 Å². The molecular formula is C19H19N3O. The molecule has 0 radical (unpaired) electrons. The van der Waals surface area contributed by atoms with Crippen LogP contribution in [0.4, 0.5) is 0 Å². The number of fused-ring (bicyclic) bond motifs is 1. The first-order valence-corrected chi connectivity index (χ1v) is 8.08. The second kappa shape index (κ2) is 5.88. The van der Waals surface area contributed by atoms with E-state index in [4.69, 9.17) is 4.98 Å². The third kappa shape index (κ3) is 2.97. The van der Waals surface area contributed by atoms with Crippen molar-refractivity contribution < 1.29 is 4.79 Å². The monoisotopic (exact) mass is 305 g/mol. The van der Waals surface area contributed by atoms with Crippen LogP contribution in [0.25, 0.3) is 11.0 Å². The van der Waals surface area contributed by atoms with Crippen LogP contribution in [0.5, 0.6) is 0 Å². The Balaban J connectivity index is 1.49. The predicted molar refractivity (Wildman–Crippen MR) is 90.0 cm³/mol. The highest BCUT2D eigenvalue weighted by Gasteiger charge is 2.28. The Kier molecular flexibility index (Phi) is 3.58. The molecule has 1 N–H and O–H groups in total. The Labute approximate surface area is 135 Å². The standard InChI is InChI=1S/C19H19N3O/c23-19(12-14-6-2-1-3-7-14)20-13-18-21-16-8-4-5-9-17(16)22(18)15-10-11-15/h1-9,15H,10-13H2,(H,20,23). The molecule has 0 bridgehead atoms. The van der Waals surface area contributed by atoms with Gasteiger partial charge in [0.15, 0.2) is 0 Å². The van der Waals surface area contributed by atoms with Crippen molar-refractivity contribution in [2.75, 3.05) is 0 Å². The minimum Gasteiger partial charge on any atom is -0.349 e. The molecule has 2 aromatic carbocycles. The van der Waals surface area contributed by atoms with E-state index < -0.39 is 0 Å². The fourth-order valence-corrected chi connectivity index (χ4v) is 2.98. The zero-order valence-corrected chi connectivity index (χ0v) is 12.9. The van der Waals surface area contributed by atoms with Gasteiger partial charge in [0.1, 0.15) is 5.82 Å². The second-order valence-electron chi connectivity index (χ2n) is 6.06. The molecule has 23 heavy (non-hydrogen) atoms. The van der Waals surface area contributed by atoms with Crippen LogP contribution in [0.3, 0.4) is 0 Å². The first-order valence-electron chi connectivity index (χ1n) is 8.08. The number of amides is 1. The fraction of sp³-hybridized carbons (Fsp3) is 0.263. The lowest BCUT2D eigenvalue weighted by molar-refractivity contribution is -0.120. The number of hydrogen-bond acceptors (Lipinski definition) is 2. The molecule has 0 saturated heterocycles. The molecule has 3 aromatic rings. The smallest absolute Gasteiger partial charge is 0.224 e. The van der Waals surface area contributed by atoms with Gasteiger partial charge >= 0.3 is 0 Å². The molecule has 0 unspecified atom stereocenters. The number of rotatable bonds is 5. The Morgan fingerprint density at radius 1 is 1.09 bits per heavy atom. The lowest BCUT2D eigenvalue weighted by atomic mass is 10.1. The minimum absolute atomic E-state index is 0.0330. The maximum atomic E-state index is 12.1. The average Bonchev–Trinajstić information content (AvgIpc) is 3.34. The zero-order chi connectivity index (χ0) is 15.6. The van der Waals surface area contributed by atoms with E-state index in [1.165, 1.54) is 18.4 Å². The molecule has 1 amide bonds. The van der Waals surface area contributed by atoms with Crippen molar-refractivity contribution in [2.45, 2.75) is 31.8 Å². The van der Waals surface area contributed by atoms with Gasteiger partial charge in [-0.25, -0.2) is 4.98 Å². The van der Waals surface area contributed by atoms with Crippen LogP contribution in [0.1, 0.15) is 30.3 Å². The molecule has 1 aliphatic carbocycles. The van der Waals surface area contributed by atoms with E-state index in [9.17, 15) is 4.79 Å². The molecule has 0 atom stereocenters. The van der Waals surface area contributed by atoms with Crippen molar-refractivity contribution in [2.24, 2.45) is 0 Å². The molecule has 4 heteroatoms. The first kappa shape index (κ1) is 14.0. The van der Waals surface area contributed by atoms with Gasteiger partial charge in [0.2, 0.25) is 5.91 Å². The Bertz CT molecular complexity index is 834. The highest BCUT2D eigenvalue weighted by molar-refractivity contribution is 5.79. The molecule has 4 nitrogen and oxygen atoms in total.